The lowest BCUT2D eigenvalue weighted by atomic mass is 9.78. The van der Waals surface area contributed by atoms with Gasteiger partial charge in [0, 0.05) is 18.7 Å². The van der Waals surface area contributed by atoms with Gasteiger partial charge >= 0.3 is 7.12 Å². The third kappa shape index (κ3) is 3.10. The summed E-state index contributed by atoms with van der Waals surface area (Å²) in [6.45, 7) is 12.6. The minimum Gasteiger partial charge on any atom is -0.399 e. The summed E-state index contributed by atoms with van der Waals surface area (Å²) in [5.74, 6) is 0.0660. The molecule has 0 unspecified atom stereocenters. The zero-order valence-electron chi connectivity index (χ0n) is 15.2. The predicted molar refractivity (Wildman–Crippen MR) is 93.6 cm³/mol. The van der Waals surface area contributed by atoms with Crippen molar-refractivity contribution in [1.82, 2.24) is 4.90 Å². The topological polar surface area (TPSA) is 48.0 Å². The van der Waals surface area contributed by atoms with Crippen molar-refractivity contribution in [3.63, 3.8) is 0 Å². The molecule has 0 spiro atoms. The number of hydrogen-bond donors (Lipinski definition) is 0. The summed E-state index contributed by atoms with van der Waals surface area (Å²) in [5.41, 5.74) is 1.89. The van der Waals surface area contributed by atoms with Crippen molar-refractivity contribution < 1.29 is 18.8 Å². The van der Waals surface area contributed by atoms with Gasteiger partial charge in [-0.2, -0.15) is 0 Å². The van der Waals surface area contributed by atoms with Gasteiger partial charge in [-0.25, -0.2) is 0 Å². The van der Waals surface area contributed by atoms with Crippen LogP contribution in [-0.4, -0.2) is 55.4 Å². The average molecular weight is 331 g/mol. The molecule has 1 aromatic carbocycles. The highest BCUT2D eigenvalue weighted by Crippen LogP contribution is 2.36. The van der Waals surface area contributed by atoms with Crippen molar-refractivity contribution >= 4 is 18.5 Å². The minimum atomic E-state index is -0.402. The Morgan fingerprint density at radius 1 is 1.08 bits per heavy atom. The van der Waals surface area contributed by atoms with Gasteiger partial charge in [-0.3, -0.25) is 4.79 Å². The Morgan fingerprint density at radius 3 is 2.21 bits per heavy atom. The van der Waals surface area contributed by atoms with E-state index in [1.165, 1.54) is 0 Å². The van der Waals surface area contributed by atoms with Crippen molar-refractivity contribution in [1.29, 1.82) is 0 Å². The second kappa shape index (κ2) is 6.17. The summed E-state index contributed by atoms with van der Waals surface area (Å²) in [7, 11) is -0.402. The zero-order chi connectivity index (χ0) is 17.5. The summed E-state index contributed by atoms with van der Waals surface area (Å²) in [6, 6.07) is 5.81. The van der Waals surface area contributed by atoms with Gasteiger partial charge in [-0.1, -0.05) is 12.1 Å². The van der Waals surface area contributed by atoms with Gasteiger partial charge in [0.15, 0.2) is 0 Å². The third-order valence-corrected chi connectivity index (χ3v) is 5.30. The molecule has 0 radical (unpaired) electrons. The molecule has 2 saturated heterocycles. The van der Waals surface area contributed by atoms with E-state index in [0.717, 1.165) is 16.6 Å². The number of aryl methyl sites for hydroxylation is 1. The molecular formula is C18H26BNO4. The fourth-order valence-electron chi connectivity index (χ4n) is 2.99. The van der Waals surface area contributed by atoms with Crippen LogP contribution >= 0.6 is 0 Å². The van der Waals surface area contributed by atoms with Crippen LogP contribution in [0.3, 0.4) is 0 Å². The molecule has 0 bridgehead atoms. The molecule has 0 aromatic heterocycles. The van der Waals surface area contributed by atoms with Crippen molar-refractivity contribution in [3.05, 3.63) is 29.3 Å². The molecule has 5 nitrogen and oxygen atoms in total. The highest BCUT2D eigenvalue weighted by Gasteiger charge is 2.51. The number of ether oxygens (including phenoxy) is 1. The summed E-state index contributed by atoms with van der Waals surface area (Å²) in [4.78, 5) is 14.5. The largest absolute Gasteiger partial charge is 0.494 e. The lowest BCUT2D eigenvalue weighted by molar-refractivity contribution is 0.00578. The minimum absolute atomic E-state index is 0.0660. The number of benzene rings is 1. The quantitative estimate of drug-likeness (QED) is 0.775. The number of amides is 1. The summed E-state index contributed by atoms with van der Waals surface area (Å²) < 4.78 is 17.5. The first-order valence-electron chi connectivity index (χ1n) is 8.54. The van der Waals surface area contributed by atoms with Crippen LogP contribution in [0.2, 0.25) is 0 Å². The first-order chi connectivity index (χ1) is 11.2. The fourth-order valence-corrected chi connectivity index (χ4v) is 2.99. The maximum atomic E-state index is 12.7. The molecule has 2 aliphatic heterocycles. The lowest BCUT2D eigenvalue weighted by Gasteiger charge is -2.32. The Balaban J connectivity index is 1.79. The molecule has 1 amide bonds. The monoisotopic (exact) mass is 331 g/mol. The molecule has 1 aromatic rings. The SMILES string of the molecule is Cc1cc(B2OC(C)(C)C(C)(C)O2)ccc1C(=O)N1CCOCC1. The first kappa shape index (κ1) is 17.5. The van der Waals surface area contributed by atoms with Gasteiger partial charge in [0.05, 0.1) is 24.4 Å². The Morgan fingerprint density at radius 2 is 1.67 bits per heavy atom. The van der Waals surface area contributed by atoms with E-state index in [1.54, 1.807) is 0 Å². The smallest absolute Gasteiger partial charge is 0.399 e. The average Bonchev–Trinajstić information content (AvgIpc) is 2.75. The van der Waals surface area contributed by atoms with Crippen LogP contribution in [-0.2, 0) is 14.0 Å². The molecule has 0 atom stereocenters. The third-order valence-electron chi connectivity index (χ3n) is 5.30. The Hall–Kier alpha value is -1.37. The second-order valence-electron chi connectivity index (χ2n) is 7.57. The molecule has 0 saturated carbocycles. The number of hydrogen-bond acceptors (Lipinski definition) is 4. The van der Waals surface area contributed by atoms with E-state index in [-0.39, 0.29) is 17.1 Å². The van der Waals surface area contributed by atoms with Gasteiger partial charge in [0.25, 0.3) is 5.91 Å². The van der Waals surface area contributed by atoms with E-state index < -0.39 is 7.12 Å². The van der Waals surface area contributed by atoms with Crippen molar-refractivity contribution in [2.24, 2.45) is 0 Å². The maximum absolute atomic E-state index is 12.7. The van der Waals surface area contributed by atoms with Crippen LogP contribution in [0, 0.1) is 6.92 Å². The van der Waals surface area contributed by atoms with Crippen molar-refractivity contribution in [3.8, 4) is 0 Å². The number of rotatable bonds is 2. The lowest BCUT2D eigenvalue weighted by Crippen LogP contribution is -2.41. The van der Waals surface area contributed by atoms with Gasteiger partial charge < -0.3 is 18.9 Å². The molecule has 2 aliphatic rings. The standard InChI is InChI=1S/C18H26BNO4/c1-13-12-14(19-23-17(2,3)18(4,5)24-19)6-7-15(13)16(21)20-8-10-22-11-9-20/h6-7,12H,8-11H2,1-5H3. The van der Waals surface area contributed by atoms with E-state index in [2.05, 4.69) is 0 Å². The van der Waals surface area contributed by atoms with E-state index >= 15 is 0 Å². The van der Waals surface area contributed by atoms with Crippen LogP contribution in [0.1, 0.15) is 43.6 Å². The van der Waals surface area contributed by atoms with Gasteiger partial charge in [0.2, 0.25) is 0 Å². The Labute approximate surface area is 144 Å². The van der Waals surface area contributed by atoms with E-state index in [9.17, 15) is 4.79 Å². The van der Waals surface area contributed by atoms with Crippen molar-refractivity contribution in [2.75, 3.05) is 26.3 Å². The summed E-state index contributed by atoms with van der Waals surface area (Å²) >= 11 is 0. The second-order valence-corrected chi connectivity index (χ2v) is 7.57. The van der Waals surface area contributed by atoms with Crippen LogP contribution in [0.15, 0.2) is 18.2 Å². The molecule has 24 heavy (non-hydrogen) atoms. The molecule has 0 N–H and O–H groups in total. The Kier molecular flexibility index (Phi) is 4.49. The number of carbonyl (C=O) groups is 1. The molecule has 2 fully saturated rings. The van der Waals surface area contributed by atoms with Crippen LogP contribution in [0.5, 0.6) is 0 Å². The molecule has 3 rings (SSSR count). The predicted octanol–water partition coefficient (Wildman–Crippen LogP) is 1.77. The van der Waals surface area contributed by atoms with E-state index in [4.69, 9.17) is 14.0 Å². The summed E-state index contributed by atoms with van der Waals surface area (Å²) in [6.07, 6.45) is 0. The number of carbonyl (C=O) groups excluding carboxylic acids is 1. The van der Waals surface area contributed by atoms with Gasteiger partial charge in [-0.05, 0) is 51.7 Å². The highest BCUT2D eigenvalue weighted by molar-refractivity contribution is 6.62. The van der Waals surface area contributed by atoms with Crippen LogP contribution in [0.25, 0.3) is 0 Å². The van der Waals surface area contributed by atoms with E-state index in [0.29, 0.717) is 26.3 Å². The number of morpholine rings is 1. The summed E-state index contributed by atoms with van der Waals surface area (Å²) in [5, 5.41) is 0. The molecule has 0 aliphatic carbocycles. The van der Waals surface area contributed by atoms with Crippen LogP contribution < -0.4 is 5.46 Å². The Bertz CT molecular complexity index is 622. The maximum Gasteiger partial charge on any atom is 0.494 e. The molecular weight excluding hydrogens is 305 g/mol. The molecule has 6 heteroatoms. The van der Waals surface area contributed by atoms with E-state index in [1.807, 2.05) is 57.7 Å². The first-order valence-corrected chi connectivity index (χ1v) is 8.54. The van der Waals surface area contributed by atoms with Crippen LogP contribution in [0.4, 0.5) is 0 Å². The number of nitrogens with zero attached hydrogens (tertiary/aromatic N) is 1. The molecule has 2 heterocycles. The zero-order valence-corrected chi connectivity index (χ0v) is 15.2. The fraction of sp³-hybridized carbons (Fsp3) is 0.611. The normalized spacial score (nSPS) is 22.7. The van der Waals surface area contributed by atoms with Gasteiger partial charge in [-0.15, -0.1) is 0 Å². The van der Waals surface area contributed by atoms with Crippen molar-refractivity contribution in [2.45, 2.75) is 45.8 Å². The van der Waals surface area contributed by atoms with Gasteiger partial charge in [0.1, 0.15) is 0 Å². The highest BCUT2D eigenvalue weighted by atomic mass is 16.7. The molecule has 130 valence electrons.